The zero-order valence-electron chi connectivity index (χ0n) is 9.89. The van der Waals surface area contributed by atoms with Crippen molar-refractivity contribution in [2.24, 2.45) is 5.41 Å². The van der Waals surface area contributed by atoms with Crippen LogP contribution >= 0.6 is 11.6 Å². The third-order valence-corrected chi connectivity index (χ3v) is 4.50. The topological polar surface area (TPSA) is 18.5 Å². The second-order valence-electron chi connectivity index (χ2n) is 5.24. The van der Waals surface area contributed by atoms with Crippen LogP contribution in [0.2, 0.25) is 0 Å². The summed E-state index contributed by atoms with van der Waals surface area (Å²) in [7, 11) is 0. The molecular formula is C12H19ClO2. The number of ether oxygens (including phenoxy) is 2. The highest BCUT2D eigenvalue weighted by Gasteiger charge is 2.52. The Hall–Kier alpha value is -0.0500. The molecule has 0 aromatic carbocycles. The number of rotatable bonds is 0. The van der Waals surface area contributed by atoms with E-state index in [1.807, 2.05) is 0 Å². The Kier molecular flexibility index (Phi) is 2.65. The van der Waals surface area contributed by atoms with Crippen LogP contribution in [0.1, 0.15) is 34.1 Å². The zero-order valence-corrected chi connectivity index (χ0v) is 10.6. The summed E-state index contributed by atoms with van der Waals surface area (Å²) in [6.45, 7) is 10.0. The molecule has 1 atom stereocenters. The number of alkyl halides is 1. The highest BCUT2D eigenvalue weighted by Crippen LogP contribution is 2.50. The average molecular weight is 231 g/mol. The molecule has 2 nitrogen and oxygen atoms in total. The van der Waals surface area contributed by atoms with Crippen LogP contribution in [-0.4, -0.2) is 24.4 Å². The van der Waals surface area contributed by atoms with Gasteiger partial charge in [-0.15, -0.1) is 11.6 Å². The minimum absolute atomic E-state index is 0.111. The minimum Gasteiger partial charge on any atom is -0.346 e. The molecule has 1 saturated heterocycles. The number of allylic oxidation sites excluding steroid dienone is 1. The molecule has 0 amide bonds. The Morgan fingerprint density at radius 1 is 1.20 bits per heavy atom. The van der Waals surface area contributed by atoms with Crippen molar-refractivity contribution < 1.29 is 9.47 Å². The van der Waals surface area contributed by atoms with Crippen LogP contribution in [0.5, 0.6) is 0 Å². The molecule has 0 radical (unpaired) electrons. The van der Waals surface area contributed by atoms with Gasteiger partial charge in [0.2, 0.25) is 0 Å². The van der Waals surface area contributed by atoms with E-state index in [1.165, 1.54) is 11.1 Å². The van der Waals surface area contributed by atoms with Crippen molar-refractivity contribution >= 4 is 11.6 Å². The monoisotopic (exact) mass is 230 g/mol. The maximum atomic E-state index is 6.44. The Bertz CT molecular complexity index is 301. The highest BCUT2D eigenvalue weighted by molar-refractivity contribution is 6.23. The van der Waals surface area contributed by atoms with Crippen LogP contribution in [0.25, 0.3) is 0 Å². The van der Waals surface area contributed by atoms with Gasteiger partial charge in [0.1, 0.15) is 5.38 Å². The molecule has 15 heavy (non-hydrogen) atoms. The summed E-state index contributed by atoms with van der Waals surface area (Å²) < 4.78 is 11.5. The lowest BCUT2D eigenvalue weighted by atomic mass is 9.70. The number of halogens is 1. The molecule has 2 aliphatic rings. The van der Waals surface area contributed by atoms with Gasteiger partial charge in [-0.25, -0.2) is 0 Å². The Labute approximate surface area is 96.6 Å². The highest BCUT2D eigenvalue weighted by atomic mass is 35.5. The van der Waals surface area contributed by atoms with Crippen LogP contribution in [0.4, 0.5) is 0 Å². The zero-order chi connectivity index (χ0) is 11.3. The van der Waals surface area contributed by atoms with Gasteiger partial charge in [0.05, 0.1) is 13.2 Å². The normalized spacial score (nSPS) is 33.8. The van der Waals surface area contributed by atoms with Crippen molar-refractivity contribution in [1.82, 2.24) is 0 Å². The van der Waals surface area contributed by atoms with Gasteiger partial charge >= 0.3 is 0 Å². The third-order valence-electron chi connectivity index (χ3n) is 3.84. The first-order chi connectivity index (χ1) is 6.89. The molecular weight excluding hydrogens is 212 g/mol. The minimum atomic E-state index is -0.575. The van der Waals surface area contributed by atoms with Crippen molar-refractivity contribution in [3.05, 3.63) is 11.1 Å². The molecule has 1 fully saturated rings. The molecule has 1 aliphatic carbocycles. The van der Waals surface area contributed by atoms with E-state index in [0.29, 0.717) is 13.2 Å². The molecule has 2 rings (SSSR count). The number of hydrogen-bond acceptors (Lipinski definition) is 2. The van der Waals surface area contributed by atoms with E-state index >= 15 is 0 Å². The predicted octanol–water partition coefficient (Wildman–Crippen LogP) is 3.10. The molecule has 1 aliphatic heterocycles. The fourth-order valence-corrected chi connectivity index (χ4v) is 2.98. The summed E-state index contributed by atoms with van der Waals surface area (Å²) in [6, 6.07) is 0. The van der Waals surface area contributed by atoms with E-state index in [2.05, 4.69) is 27.7 Å². The van der Waals surface area contributed by atoms with E-state index in [-0.39, 0.29) is 10.8 Å². The summed E-state index contributed by atoms with van der Waals surface area (Å²) in [4.78, 5) is 0. The lowest BCUT2D eigenvalue weighted by molar-refractivity contribution is -0.175. The Morgan fingerprint density at radius 2 is 1.73 bits per heavy atom. The smallest absolute Gasteiger partial charge is 0.189 e. The fraction of sp³-hybridized carbons (Fsp3) is 0.833. The molecule has 0 saturated carbocycles. The van der Waals surface area contributed by atoms with Gasteiger partial charge in [0.15, 0.2) is 5.79 Å². The molecule has 0 aromatic rings. The lowest BCUT2D eigenvalue weighted by Gasteiger charge is -2.45. The average Bonchev–Trinajstić information content (AvgIpc) is 2.61. The van der Waals surface area contributed by atoms with E-state index in [1.54, 1.807) is 0 Å². The van der Waals surface area contributed by atoms with E-state index < -0.39 is 5.79 Å². The Balaban J connectivity index is 2.41. The van der Waals surface area contributed by atoms with Crippen molar-refractivity contribution in [3.8, 4) is 0 Å². The SMILES string of the molecule is CC1=C(C)C(C)(C)CC2(OCCO2)C1Cl. The van der Waals surface area contributed by atoms with Crippen molar-refractivity contribution in [3.63, 3.8) is 0 Å². The largest absolute Gasteiger partial charge is 0.346 e. The Morgan fingerprint density at radius 3 is 2.27 bits per heavy atom. The van der Waals surface area contributed by atoms with Crippen molar-refractivity contribution in [2.75, 3.05) is 13.2 Å². The third kappa shape index (κ3) is 1.63. The molecule has 1 heterocycles. The molecule has 1 unspecified atom stereocenters. The number of hydrogen-bond donors (Lipinski definition) is 0. The second-order valence-corrected chi connectivity index (χ2v) is 5.68. The van der Waals surface area contributed by atoms with Gasteiger partial charge in [-0.3, -0.25) is 0 Å². The van der Waals surface area contributed by atoms with Crippen molar-refractivity contribution in [2.45, 2.75) is 45.3 Å². The summed E-state index contributed by atoms with van der Waals surface area (Å²) in [6.07, 6.45) is 0.845. The summed E-state index contributed by atoms with van der Waals surface area (Å²) in [5.41, 5.74) is 2.68. The fourth-order valence-electron chi connectivity index (χ4n) is 2.61. The van der Waals surface area contributed by atoms with Gasteiger partial charge in [-0.1, -0.05) is 25.0 Å². The standard InChI is InChI=1S/C12H19ClO2/c1-8-9(2)11(3,4)7-12(10(8)13)14-5-6-15-12/h10H,5-7H2,1-4H3. The van der Waals surface area contributed by atoms with Crippen LogP contribution in [0, 0.1) is 5.41 Å². The van der Waals surface area contributed by atoms with Crippen molar-refractivity contribution in [1.29, 1.82) is 0 Å². The predicted molar refractivity (Wildman–Crippen MR) is 61.0 cm³/mol. The molecule has 0 bridgehead atoms. The van der Waals surface area contributed by atoms with Crippen LogP contribution < -0.4 is 0 Å². The van der Waals surface area contributed by atoms with E-state index in [0.717, 1.165) is 6.42 Å². The second kappa shape index (κ2) is 3.47. The summed E-state index contributed by atoms with van der Waals surface area (Å²) >= 11 is 6.44. The van der Waals surface area contributed by atoms with Gasteiger partial charge < -0.3 is 9.47 Å². The van der Waals surface area contributed by atoms with Gasteiger partial charge in [0, 0.05) is 6.42 Å². The molecule has 3 heteroatoms. The van der Waals surface area contributed by atoms with E-state index in [9.17, 15) is 0 Å². The first-order valence-electron chi connectivity index (χ1n) is 5.49. The van der Waals surface area contributed by atoms with Crippen LogP contribution in [0.3, 0.4) is 0 Å². The molecule has 0 aromatic heterocycles. The first-order valence-corrected chi connectivity index (χ1v) is 5.92. The molecule has 86 valence electrons. The quantitative estimate of drug-likeness (QED) is 0.470. The molecule has 1 spiro atoms. The maximum absolute atomic E-state index is 6.44. The van der Waals surface area contributed by atoms with Crippen LogP contribution in [-0.2, 0) is 9.47 Å². The summed E-state index contributed by atoms with van der Waals surface area (Å²) in [5, 5.41) is -0.145. The van der Waals surface area contributed by atoms with Crippen LogP contribution in [0.15, 0.2) is 11.1 Å². The first kappa shape index (κ1) is 11.4. The maximum Gasteiger partial charge on any atom is 0.189 e. The lowest BCUT2D eigenvalue weighted by Crippen LogP contribution is -2.49. The van der Waals surface area contributed by atoms with Gasteiger partial charge in [0.25, 0.3) is 0 Å². The summed E-state index contributed by atoms with van der Waals surface area (Å²) in [5.74, 6) is -0.575. The van der Waals surface area contributed by atoms with Gasteiger partial charge in [-0.2, -0.15) is 0 Å². The van der Waals surface area contributed by atoms with Gasteiger partial charge in [-0.05, 0) is 19.3 Å². The van der Waals surface area contributed by atoms with E-state index in [4.69, 9.17) is 21.1 Å². The molecule has 0 N–H and O–H groups in total.